The van der Waals surface area contributed by atoms with Crippen LogP contribution in [0.15, 0.2) is 30.3 Å². The number of anilines is 3. The molecule has 0 radical (unpaired) electrons. The summed E-state index contributed by atoms with van der Waals surface area (Å²) in [5.41, 5.74) is 7.17. The number of nitrogen functional groups attached to an aromatic ring is 1. The molecule has 3 N–H and O–H groups in total. The van der Waals surface area contributed by atoms with Crippen LogP contribution in [0.5, 0.6) is 11.6 Å². The molecule has 6 nitrogen and oxygen atoms in total. The minimum Gasteiger partial charge on any atom is -0.495 e. The molecule has 6 heteroatoms. The van der Waals surface area contributed by atoms with E-state index in [4.69, 9.17) is 20.5 Å². The van der Waals surface area contributed by atoms with Crippen molar-refractivity contribution in [3.05, 3.63) is 35.9 Å². The second-order valence-corrected chi connectivity index (χ2v) is 3.91. The minimum atomic E-state index is 0.323. The molecular weight excluding hydrogens is 256 g/mol. The van der Waals surface area contributed by atoms with Crippen LogP contribution in [-0.2, 0) is 0 Å². The molecule has 0 amide bonds. The van der Waals surface area contributed by atoms with Gasteiger partial charge in [-0.1, -0.05) is 6.07 Å². The summed E-state index contributed by atoms with van der Waals surface area (Å²) in [6, 6.07) is 10.7. The number of nitrogens with one attached hydrogen (secondary N) is 1. The summed E-state index contributed by atoms with van der Waals surface area (Å²) < 4.78 is 10.3. The van der Waals surface area contributed by atoms with Gasteiger partial charge in [0, 0.05) is 0 Å². The Kier molecular flexibility index (Phi) is 3.91. The van der Waals surface area contributed by atoms with Gasteiger partial charge in [0.1, 0.15) is 23.3 Å². The highest BCUT2D eigenvalue weighted by Crippen LogP contribution is 2.31. The molecule has 0 atom stereocenters. The van der Waals surface area contributed by atoms with Crippen LogP contribution in [0.4, 0.5) is 17.2 Å². The summed E-state index contributed by atoms with van der Waals surface area (Å²) in [7, 11) is 3.03. The lowest BCUT2D eigenvalue weighted by Crippen LogP contribution is -2.02. The van der Waals surface area contributed by atoms with Gasteiger partial charge in [-0.25, -0.2) is 0 Å². The number of methoxy groups -OCH3 is 2. The van der Waals surface area contributed by atoms with E-state index in [9.17, 15) is 0 Å². The highest BCUT2D eigenvalue weighted by Gasteiger charge is 2.11. The van der Waals surface area contributed by atoms with Crippen LogP contribution in [0, 0.1) is 11.3 Å². The molecule has 0 unspecified atom stereocenters. The lowest BCUT2D eigenvalue weighted by Gasteiger charge is -2.13. The largest absolute Gasteiger partial charge is 0.495 e. The molecule has 0 aliphatic heterocycles. The number of rotatable bonds is 4. The molecular formula is C14H14N4O2. The molecule has 0 aliphatic carbocycles. The Morgan fingerprint density at radius 1 is 1.20 bits per heavy atom. The third kappa shape index (κ3) is 2.57. The van der Waals surface area contributed by atoms with E-state index in [0.29, 0.717) is 34.4 Å². The lowest BCUT2D eigenvalue weighted by atomic mass is 10.1. The van der Waals surface area contributed by atoms with Gasteiger partial charge in [-0.3, -0.25) is 0 Å². The fourth-order valence-electron chi connectivity index (χ4n) is 1.74. The smallest absolute Gasteiger partial charge is 0.238 e. The van der Waals surface area contributed by atoms with Gasteiger partial charge in [-0.2, -0.15) is 10.2 Å². The summed E-state index contributed by atoms with van der Waals surface area (Å²) in [5, 5.41) is 12.2. The number of aromatic nitrogens is 1. The first-order valence-electron chi connectivity index (χ1n) is 5.84. The predicted octanol–water partition coefficient (Wildman–Crippen LogP) is 2.30. The molecule has 2 aromatic rings. The Morgan fingerprint density at radius 3 is 2.65 bits per heavy atom. The molecule has 0 spiro atoms. The van der Waals surface area contributed by atoms with Crippen molar-refractivity contribution in [2.24, 2.45) is 0 Å². The number of ether oxygens (including phenoxy) is 2. The number of nitrogens with zero attached hydrogens (tertiary/aromatic N) is 2. The van der Waals surface area contributed by atoms with Crippen LogP contribution in [0.25, 0.3) is 0 Å². The Labute approximate surface area is 116 Å². The number of nitrogens with two attached hydrogens (primary N) is 1. The predicted molar refractivity (Wildman–Crippen MR) is 76.2 cm³/mol. The Bertz CT molecular complexity index is 665. The lowest BCUT2D eigenvalue weighted by molar-refractivity contribution is 0.401. The minimum absolute atomic E-state index is 0.323. The molecule has 102 valence electrons. The van der Waals surface area contributed by atoms with E-state index in [2.05, 4.69) is 16.4 Å². The zero-order chi connectivity index (χ0) is 14.5. The van der Waals surface area contributed by atoms with E-state index < -0.39 is 0 Å². The van der Waals surface area contributed by atoms with E-state index in [1.807, 2.05) is 0 Å². The van der Waals surface area contributed by atoms with Gasteiger partial charge >= 0.3 is 0 Å². The van der Waals surface area contributed by atoms with Crippen LogP contribution in [-0.4, -0.2) is 19.2 Å². The van der Waals surface area contributed by atoms with Gasteiger partial charge in [-0.05, 0) is 24.3 Å². The normalized spacial score (nSPS) is 9.65. The molecule has 0 aliphatic rings. The highest BCUT2D eigenvalue weighted by molar-refractivity contribution is 5.72. The van der Waals surface area contributed by atoms with E-state index in [0.717, 1.165) is 0 Å². The number of hydrogen-bond donors (Lipinski definition) is 2. The van der Waals surface area contributed by atoms with Gasteiger partial charge in [0.05, 0.1) is 25.5 Å². The Hall–Kier alpha value is -2.94. The average Bonchev–Trinajstić information content (AvgIpc) is 2.49. The number of hydrogen-bond acceptors (Lipinski definition) is 6. The summed E-state index contributed by atoms with van der Waals surface area (Å²) in [6.45, 7) is 0. The molecule has 0 bridgehead atoms. The second kappa shape index (κ2) is 5.80. The van der Waals surface area contributed by atoms with Crippen molar-refractivity contribution in [2.75, 3.05) is 25.3 Å². The zero-order valence-electron chi connectivity index (χ0n) is 11.2. The standard InChI is InChI=1S/C14H14N4O2/c1-19-11-5-3-4-9(8-15)13(11)17-12-7-6-10(16)14(18-12)20-2/h3-7H,16H2,1-2H3,(H,17,18). The summed E-state index contributed by atoms with van der Waals surface area (Å²) in [6.07, 6.45) is 0. The van der Waals surface area contributed by atoms with Gasteiger partial charge in [0.2, 0.25) is 5.88 Å². The number of benzene rings is 1. The molecule has 0 saturated carbocycles. The molecule has 1 aromatic heterocycles. The van der Waals surface area contributed by atoms with Crippen molar-refractivity contribution >= 4 is 17.2 Å². The maximum absolute atomic E-state index is 9.15. The molecule has 0 fully saturated rings. The maximum atomic E-state index is 9.15. The van der Waals surface area contributed by atoms with E-state index in [1.54, 1.807) is 37.4 Å². The summed E-state index contributed by atoms with van der Waals surface area (Å²) in [4.78, 5) is 4.21. The first-order chi connectivity index (χ1) is 9.69. The second-order valence-electron chi connectivity index (χ2n) is 3.91. The topological polar surface area (TPSA) is 93.2 Å². The van der Waals surface area contributed by atoms with Crippen molar-refractivity contribution in [1.29, 1.82) is 5.26 Å². The first-order valence-corrected chi connectivity index (χ1v) is 5.84. The maximum Gasteiger partial charge on any atom is 0.238 e. The monoisotopic (exact) mass is 270 g/mol. The highest BCUT2D eigenvalue weighted by atomic mass is 16.5. The molecule has 2 rings (SSSR count). The molecule has 20 heavy (non-hydrogen) atoms. The van der Waals surface area contributed by atoms with E-state index in [-0.39, 0.29) is 0 Å². The van der Waals surface area contributed by atoms with E-state index >= 15 is 0 Å². The van der Waals surface area contributed by atoms with Crippen LogP contribution < -0.4 is 20.5 Å². The van der Waals surface area contributed by atoms with Crippen molar-refractivity contribution < 1.29 is 9.47 Å². The summed E-state index contributed by atoms with van der Waals surface area (Å²) in [5.74, 6) is 1.39. The Balaban J connectivity index is 2.42. The van der Waals surface area contributed by atoms with Gasteiger partial charge in [0.25, 0.3) is 0 Å². The first kappa shape index (κ1) is 13.5. The third-order valence-electron chi connectivity index (χ3n) is 2.70. The number of pyridine rings is 1. The van der Waals surface area contributed by atoms with Crippen molar-refractivity contribution in [1.82, 2.24) is 4.98 Å². The quantitative estimate of drug-likeness (QED) is 0.885. The van der Waals surface area contributed by atoms with Gasteiger partial charge in [-0.15, -0.1) is 0 Å². The number of para-hydroxylation sites is 1. The van der Waals surface area contributed by atoms with Gasteiger partial charge < -0.3 is 20.5 Å². The third-order valence-corrected chi connectivity index (χ3v) is 2.70. The average molecular weight is 270 g/mol. The van der Waals surface area contributed by atoms with Crippen LogP contribution in [0.2, 0.25) is 0 Å². The van der Waals surface area contributed by atoms with Crippen molar-refractivity contribution in [3.8, 4) is 17.7 Å². The zero-order valence-corrected chi connectivity index (χ0v) is 11.2. The fraction of sp³-hybridized carbons (Fsp3) is 0.143. The summed E-state index contributed by atoms with van der Waals surface area (Å²) >= 11 is 0. The van der Waals surface area contributed by atoms with Crippen molar-refractivity contribution in [2.45, 2.75) is 0 Å². The van der Waals surface area contributed by atoms with Crippen molar-refractivity contribution in [3.63, 3.8) is 0 Å². The number of nitriles is 1. The SMILES string of the molecule is COc1cccc(C#N)c1Nc1ccc(N)c(OC)n1. The molecule has 0 saturated heterocycles. The van der Waals surface area contributed by atoms with Gasteiger partial charge in [0.15, 0.2) is 0 Å². The Morgan fingerprint density at radius 2 is 2.00 bits per heavy atom. The molecule has 1 aromatic carbocycles. The van der Waals surface area contributed by atoms with Crippen LogP contribution in [0.3, 0.4) is 0 Å². The van der Waals surface area contributed by atoms with E-state index in [1.165, 1.54) is 7.11 Å². The fourth-order valence-corrected chi connectivity index (χ4v) is 1.74. The van der Waals surface area contributed by atoms with Crippen LogP contribution >= 0.6 is 0 Å². The molecule has 1 heterocycles. The van der Waals surface area contributed by atoms with Crippen LogP contribution in [0.1, 0.15) is 5.56 Å².